The Hall–Kier alpha value is -2.21. The molecule has 0 amide bonds. The van der Waals surface area contributed by atoms with Gasteiger partial charge in [0.05, 0.1) is 0 Å². The van der Waals surface area contributed by atoms with Gasteiger partial charge in [-0.1, -0.05) is 36.4 Å². The third-order valence-electron chi connectivity index (χ3n) is 3.65. The quantitative estimate of drug-likeness (QED) is 0.742. The van der Waals surface area contributed by atoms with E-state index in [1.807, 2.05) is 23.1 Å². The number of thiol groups is 1. The summed E-state index contributed by atoms with van der Waals surface area (Å²) in [5.41, 5.74) is 3.71. The molecule has 0 fully saturated rings. The highest BCUT2D eigenvalue weighted by Crippen LogP contribution is 2.21. The van der Waals surface area contributed by atoms with Crippen molar-refractivity contribution >= 4 is 35.2 Å². The molecule has 2 aromatic carbocycles. The Labute approximate surface area is 134 Å². The number of nitrogens with one attached hydrogen (secondary N) is 1. The van der Waals surface area contributed by atoms with E-state index >= 15 is 0 Å². The first kappa shape index (κ1) is 14.7. The molecule has 5 nitrogen and oxygen atoms in total. The number of hydrogen-bond acceptors (Lipinski definition) is 5. The largest absolute Gasteiger partial charge is 0.481 e. The van der Waals surface area contributed by atoms with Crippen LogP contribution >= 0.6 is 12.6 Å². The van der Waals surface area contributed by atoms with Gasteiger partial charge < -0.3 is 10.0 Å². The van der Waals surface area contributed by atoms with Gasteiger partial charge in [0, 0.05) is 18.5 Å². The Morgan fingerprint density at radius 1 is 1.27 bits per heavy atom. The molecule has 0 saturated heterocycles. The van der Waals surface area contributed by atoms with Crippen LogP contribution in [-0.4, -0.2) is 33.9 Å². The van der Waals surface area contributed by atoms with E-state index in [1.165, 1.54) is 5.39 Å². The summed E-state index contributed by atoms with van der Waals surface area (Å²) in [6.45, 7) is 0.596. The van der Waals surface area contributed by atoms with E-state index in [1.54, 1.807) is 0 Å². The van der Waals surface area contributed by atoms with Gasteiger partial charge in [0.1, 0.15) is 0 Å². The fourth-order valence-electron chi connectivity index (χ4n) is 2.56. The number of hydrogen-bond donors (Lipinski definition) is 3. The number of fused-ring (bicyclic) bond motifs is 1. The number of benzene rings is 2. The first-order chi connectivity index (χ1) is 10.6. The minimum absolute atomic E-state index is 0.141. The smallest absolute Gasteiger partial charge is 0.303 e. The van der Waals surface area contributed by atoms with Crippen molar-refractivity contribution in [2.24, 2.45) is 5.10 Å². The summed E-state index contributed by atoms with van der Waals surface area (Å²) in [5.74, 6) is 0.0169. The third kappa shape index (κ3) is 3.01. The summed E-state index contributed by atoms with van der Waals surface area (Å²) in [7, 11) is 0. The summed E-state index contributed by atoms with van der Waals surface area (Å²) >= 11 is 4.45. The number of hydrazone groups is 1. The van der Waals surface area contributed by atoms with Gasteiger partial charge in [0.2, 0.25) is 0 Å². The van der Waals surface area contributed by atoms with Gasteiger partial charge in [0.15, 0.2) is 11.3 Å². The Morgan fingerprint density at radius 3 is 2.82 bits per heavy atom. The van der Waals surface area contributed by atoms with Crippen LogP contribution in [0.15, 0.2) is 47.6 Å². The predicted molar refractivity (Wildman–Crippen MR) is 90.0 cm³/mol. The van der Waals surface area contributed by atoms with Crippen molar-refractivity contribution in [3.05, 3.63) is 48.0 Å². The van der Waals surface area contributed by atoms with Crippen LogP contribution in [0.4, 0.5) is 0 Å². The van der Waals surface area contributed by atoms with Crippen LogP contribution in [0.5, 0.6) is 0 Å². The Kier molecular flexibility index (Phi) is 4.20. The fraction of sp³-hybridized carbons (Fsp3) is 0.250. The van der Waals surface area contributed by atoms with E-state index in [-0.39, 0.29) is 11.9 Å². The lowest BCUT2D eigenvalue weighted by Crippen LogP contribution is -2.37. The molecule has 1 aliphatic rings. The summed E-state index contributed by atoms with van der Waals surface area (Å²) < 4.78 is 0. The van der Waals surface area contributed by atoms with Crippen molar-refractivity contribution in [3.63, 3.8) is 0 Å². The van der Waals surface area contributed by atoms with Crippen molar-refractivity contribution in [1.29, 1.82) is 0 Å². The first-order valence-corrected chi connectivity index (χ1v) is 7.66. The van der Waals surface area contributed by atoms with E-state index in [0.717, 1.165) is 16.8 Å². The zero-order chi connectivity index (χ0) is 15.5. The molecule has 2 N–H and O–H groups in total. The first-order valence-electron chi connectivity index (χ1n) is 7.14. The molecule has 0 aromatic heterocycles. The lowest BCUT2D eigenvalue weighted by Gasteiger charge is -2.23. The second-order valence-electron chi connectivity index (χ2n) is 5.19. The molecule has 0 saturated carbocycles. The number of carbonyl (C=O) groups is 1. The molecule has 22 heavy (non-hydrogen) atoms. The van der Waals surface area contributed by atoms with E-state index in [9.17, 15) is 4.79 Å². The van der Waals surface area contributed by atoms with Crippen LogP contribution in [0.2, 0.25) is 0 Å². The maximum atomic E-state index is 10.7. The molecule has 1 unspecified atom stereocenters. The van der Waals surface area contributed by atoms with Crippen molar-refractivity contribution in [2.45, 2.75) is 18.3 Å². The molecule has 0 radical (unpaired) electrons. The molecule has 1 atom stereocenters. The molecule has 1 aliphatic heterocycles. The molecule has 0 bridgehead atoms. The SMILES string of the molecule is O=C(O)CCCN1C(c2ccc3ccccc3c2)=NNC1S. The van der Waals surface area contributed by atoms with Crippen LogP contribution < -0.4 is 5.43 Å². The molecule has 1 heterocycles. The minimum atomic E-state index is -0.785. The maximum absolute atomic E-state index is 10.7. The summed E-state index contributed by atoms with van der Waals surface area (Å²) in [6.07, 6.45) is 0.697. The highest BCUT2D eigenvalue weighted by atomic mass is 32.1. The zero-order valence-corrected chi connectivity index (χ0v) is 12.8. The number of amidine groups is 1. The molecular formula is C16H17N3O2S. The normalized spacial score (nSPS) is 17.4. The third-order valence-corrected chi connectivity index (χ3v) is 4.04. The van der Waals surface area contributed by atoms with Gasteiger partial charge in [0.25, 0.3) is 0 Å². The van der Waals surface area contributed by atoms with Gasteiger partial charge in [-0.25, -0.2) is 0 Å². The van der Waals surface area contributed by atoms with Crippen molar-refractivity contribution in [3.8, 4) is 0 Å². The summed E-state index contributed by atoms with van der Waals surface area (Å²) in [4.78, 5) is 12.7. The maximum Gasteiger partial charge on any atom is 0.303 e. The van der Waals surface area contributed by atoms with Gasteiger partial charge in [-0.15, -0.1) is 12.6 Å². The second kappa shape index (κ2) is 6.27. The monoisotopic (exact) mass is 315 g/mol. The minimum Gasteiger partial charge on any atom is -0.481 e. The van der Waals surface area contributed by atoms with E-state index in [0.29, 0.717) is 13.0 Å². The topological polar surface area (TPSA) is 64.9 Å². The number of rotatable bonds is 5. The van der Waals surface area contributed by atoms with Crippen LogP contribution in [-0.2, 0) is 4.79 Å². The van der Waals surface area contributed by atoms with E-state index in [2.05, 4.69) is 47.4 Å². The van der Waals surface area contributed by atoms with Gasteiger partial charge in [-0.3, -0.25) is 10.2 Å². The van der Waals surface area contributed by atoms with Crippen LogP contribution in [0.3, 0.4) is 0 Å². The molecule has 114 valence electrons. The molecule has 6 heteroatoms. The number of nitrogens with zero attached hydrogens (tertiary/aromatic N) is 2. The van der Waals surface area contributed by atoms with Crippen molar-refractivity contribution in [2.75, 3.05) is 6.54 Å². The highest BCUT2D eigenvalue weighted by molar-refractivity contribution is 7.80. The lowest BCUT2D eigenvalue weighted by atomic mass is 10.1. The summed E-state index contributed by atoms with van der Waals surface area (Å²) in [5, 5.41) is 15.4. The van der Waals surface area contributed by atoms with Crippen LogP contribution in [0.1, 0.15) is 18.4 Å². The van der Waals surface area contributed by atoms with Crippen molar-refractivity contribution < 1.29 is 9.90 Å². The average Bonchev–Trinajstić information content (AvgIpc) is 2.88. The van der Waals surface area contributed by atoms with Crippen molar-refractivity contribution in [1.82, 2.24) is 10.3 Å². The number of carboxylic acids is 1. The standard InChI is InChI=1S/C16H17N3O2S/c20-14(21)6-3-9-19-15(17-18-16(19)22)13-8-7-11-4-1-2-5-12(11)10-13/h1-2,4-5,7-8,10,16,18,22H,3,6,9H2,(H,20,21). The summed E-state index contributed by atoms with van der Waals surface area (Å²) in [6, 6.07) is 14.3. The molecule has 2 aromatic rings. The molecule has 3 rings (SSSR count). The Bertz CT molecular complexity index is 732. The molecule has 0 aliphatic carbocycles. The predicted octanol–water partition coefficient (Wildman–Crippen LogP) is 2.48. The highest BCUT2D eigenvalue weighted by Gasteiger charge is 2.25. The number of carboxylic acid groups (broad SMARTS) is 1. The van der Waals surface area contributed by atoms with Crippen LogP contribution in [0, 0.1) is 0 Å². The van der Waals surface area contributed by atoms with Crippen LogP contribution in [0.25, 0.3) is 10.8 Å². The van der Waals surface area contributed by atoms with E-state index in [4.69, 9.17) is 5.11 Å². The van der Waals surface area contributed by atoms with Gasteiger partial charge in [-0.05, 0) is 23.3 Å². The Balaban J connectivity index is 1.82. The average molecular weight is 315 g/mol. The Morgan fingerprint density at radius 2 is 2.05 bits per heavy atom. The number of aliphatic carboxylic acids is 1. The van der Waals surface area contributed by atoms with Gasteiger partial charge >= 0.3 is 5.97 Å². The molecule has 0 spiro atoms. The van der Waals surface area contributed by atoms with Gasteiger partial charge in [-0.2, -0.15) is 5.10 Å². The zero-order valence-electron chi connectivity index (χ0n) is 11.9. The lowest BCUT2D eigenvalue weighted by molar-refractivity contribution is -0.137. The second-order valence-corrected chi connectivity index (χ2v) is 5.68. The van der Waals surface area contributed by atoms with E-state index < -0.39 is 5.97 Å². The fourth-order valence-corrected chi connectivity index (χ4v) is 2.84. The molecular weight excluding hydrogens is 298 g/mol.